The smallest absolute Gasteiger partial charge is 0.328 e. The minimum absolute atomic E-state index is 0.0617. The van der Waals surface area contributed by atoms with E-state index < -0.39 is 18.6 Å². The Kier molecular flexibility index (Phi) is 2.87. The molecule has 0 aromatic heterocycles. The Morgan fingerprint density at radius 2 is 2.15 bits per heavy atom. The highest BCUT2D eigenvalue weighted by Gasteiger charge is 2.40. The molecule has 1 rings (SSSR count). The number of rotatable bonds is 4. The monoisotopic (exact) mass is 187 g/mol. The first-order chi connectivity index (χ1) is 6.06. The van der Waals surface area contributed by atoms with Gasteiger partial charge in [0.1, 0.15) is 6.04 Å². The number of carbonyl (C=O) groups excluding carboxylic acids is 1. The van der Waals surface area contributed by atoms with Gasteiger partial charge in [0.2, 0.25) is 5.91 Å². The minimum atomic E-state index is -1.20. The van der Waals surface area contributed by atoms with Crippen LogP contribution in [-0.4, -0.2) is 34.7 Å². The molecule has 74 valence electrons. The van der Waals surface area contributed by atoms with Crippen LogP contribution >= 0.6 is 0 Å². The molecule has 1 fully saturated rings. The van der Waals surface area contributed by atoms with Crippen molar-refractivity contribution in [3.63, 3.8) is 0 Å². The second-order valence-corrected chi connectivity index (χ2v) is 3.40. The number of hydrogen-bond acceptors (Lipinski definition) is 3. The topological polar surface area (TPSA) is 86.6 Å². The molecule has 0 spiro atoms. The van der Waals surface area contributed by atoms with Crippen LogP contribution < -0.4 is 5.32 Å². The summed E-state index contributed by atoms with van der Waals surface area (Å²) in [6.07, 6.45) is 0.809. The molecule has 2 unspecified atom stereocenters. The number of carboxylic acids is 1. The lowest BCUT2D eigenvalue weighted by atomic mass is 10.2. The average Bonchev–Trinajstić information content (AvgIpc) is 2.77. The molecule has 0 bridgehead atoms. The van der Waals surface area contributed by atoms with E-state index in [0.29, 0.717) is 5.92 Å². The Hall–Kier alpha value is -1.10. The van der Waals surface area contributed by atoms with Crippen LogP contribution in [0.5, 0.6) is 0 Å². The van der Waals surface area contributed by atoms with E-state index in [2.05, 4.69) is 5.32 Å². The van der Waals surface area contributed by atoms with E-state index in [9.17, 15) is 9.59 Å². The molecule has 1 amide bonds. The molecule has 0 aliphatic heterocycles. The third-order valence-electron chi connectivity index (χ3n) is 2.24. The maximum atomic E-state index is 11.2. The van der Waals surface area contributed by atoms with Crippen LogP contribution in [0.15, 0.2) is 0 Å². The zero-order valence-corrected chi connectivity index (χ0v) is 7.36. The SMILES string of the molecule is CC1CC1C(=O)N[C@@H](CO)C(=O)O. The van der Waals surface area contributed by atoms with Crippen LogP contribution in [-0.2, 0) is 9.59 Å². The van der Waals surface area contributed by atoms with Crippen LogP contribution in [0.4, 0.5) is 0 Å². The molecular weight excluding hydrogens is 174 g/mol. The summed E-state index contributed by atoms with van der Waals surface area (Å²) >= 11 is 0. The van der Waals surface area contributed by atoms with Crippen molar-refractivity contribution in [3.05, 3.63) is 0 Å². The second kappa shape index (κ2) is 3.74. The Bertz CT molecular complexity index is 228. The van der Waals surface area contributed by atoms with Gasteiger partial charge in [0.05, 0.1) is 6.61 Å². The first kappa shape index (κ1) is 9.98. The first-order valence-corrected chi connectivity index (χ1v) is 4.20. The van der Waals surface area contributed by atoms with Gasteiger partial charge in [-0.1, -0.05) is 6.92 Å². The van der Waals surface area contributed by atoms with Gasteiger partial charge in [-0.25, -0.2) is 4.79 Å². The van der Waals surface area contributed by atoms with Crippen LogP contribution in [0.2, 0.25) is 0 Å². The molecule has 5 nitrogen and oxygen atoms in total. The highest BCUT2D eigenvalue weighted by molar-refractivity contribution is 5.86. The normalized spacial score (nSPS) is 27.8. The molecule has 1 saturated carbocycles. The van der Waals surface area contributed by atoms with Gasteiger partial charge in [0.15, 0.2) is 0 Å². The van der Waals surface area contributed by atoms with Gasteiger partial charge >= 0.3 is 5.97 Å². The van der Waals surface area contributed by atoms with Crippen molar-refractivity contribution >= 4 is 11.9 Å². The van der Waals surface area contributed by atoms with E-state index in [1.54, 1.807) is 0 Å². The summed E-state index contributed by atoms with van der Waals surface area (Å²) in [5, 5.41) is 19.4. The number of aliphatic hydroxyl groups excluding tert-OH is 1. The quantitative estimate of drug-likeness (QED) is 0.538. The van der Waals surface area contributed by atoms with E-state index in [1.807, 2.05) is 6.92 Å². The van der Waals surface area contributed by atoms with Gasteiger partial charge in [-0.05, 0) is 12.3 Å². The predicted molar refractivity (Wildman–Crippen MR) is 43.9 cm³/mol. The van der Waals surface area contributed by atoms with Crippen LogP contribution in [0.1, 0.15) is 13.3 Å². The third kappa shape index (κ3) is 2.42. The number of carboxylic acid groups (broad SMARTS) is 1. The van der Waals surface area contributed by atoms with E-state index >= 15 is 0 Å². The van der Waals surface area contributed by atoms with Crippen molar-refractivity contribution in [3.8, 4) is 0 Å². The van der Waals surface area contributed by atoms with Crippen LogP contribution in [0.3, 0.4) is 0 Å². The third-order valence-corrected chi connectivity index (χ3v) is 2.24. The molecule has 0 heterocycles. The Morgan fingerprint density at radius 3 is 2.46 bits per heavy atom. The molecular formula is C8H13NO4. The van der Waals surface area contributed by atoms with Gasteiger partial charge in [0, 0.05) is 5.92 Å². The highest BCUT2D eigenvalue weighted by atomic mass is 16.4. The van der Waals surface area contributed by atoms with Crippen molar-refractivity contribution in [1.29, 1.82) is 0 Å². The van der Waals surface area contributed by atoms with Crippen molar-refractivity contribution in [2.75, 3.05) is 6.61 Å². The summed E-state index contributed by atoms with van der Waals surface area (Å²) in [6.45, 7) is 1.36. The fraction of sp³-hybridized carbons (Fsp3) is 0.750. The zero-order valence-electron chi connectivity index (χ0n) is 7.36. The summed E-state index contributed by atoms with van der Waals surface area (Å²) in [5.41, 5.74) is 0. The number of aliphatic hydroxyl groups is 1. The summed E-state index contributed by atoms with van der Waals surface area (Å²) in [4.78, 5) is 21.6. The number of hydrogen-bond donors (Lipinski definition) is 3. The predicted octanol–water partition coefficient (Wildman–Crippen LogP) is -0.796. The van der Waals surface area contributed by atoms with Crippen molar-refractivity contribution in [1.82, 2.24) is 5.32 Å². The Labute approximate surface area is 75.7 Å². The van der Waals surface area contributed by atoms with Gasteiger partial charge in [0.25, 0.3) is 0 Å². The molecule has 13 heavy (non-hydrogen) atoms. The number of amides is 1. The molecule has 0 radical (unpaired) electrons. The van der Waals surface area contributed by atoms with Gasteiger partial charge in [-0.2, -0.15) is 0 Å². The van der Waals surface area contributed by atoms with Crippen LogP contribution in [0.25, 0.3) is 0 Å². The van der Waals surface area contributed by atoms with E-state index in [4.69, 9.17) is 10.2 Å². The van der Waals surface area contributed by atoms with E-state index in [1.165, 1.54) is 0 Å². The molecule has 5 heteroatoms. The van der Waals surface area contributed by atoms with E-state index in [0.717, 1.165) is 6.42 Å². The highest BCUT2D eigenvalue weighted by Crippen LogP contribution is 2.37. The summed E-state index contributed by atoms with van der Waals surface area (Å²) in [5.74, 6) is -1.19. The zero-order chi connectivity index (χ0) is 10.0. The van der Waals surface area contributed by atoms with Crippen molar-refractivity contribution < 1.29 is 19.8 Å². The number of carbonyl (C=O) groups is 2. The fourth-order valence-electron chi connectivity index (χ4n) is 1.15. The molecule has 3 atom stereocenters. The summed E-state index contributed by atoms with van der Waals surface area (Å²) in [7, 11) is 0. The first-order valence-electron chi connectivity index (χ1n) is 4.20. The second-order valence-electron chi connectivity index (χ2n) is 3.40. The lowest BCUT2D eigenvalue weighted by Crippen LogP contribution is -2.44. The molecule has 0 aromatic rings. The lowest BCUT2D eigenvalue weighted by Gasteiger charge is -2.10. The van der Waals surface area contributed by atoms with Gasteiger partial charge in [-0.3, -0.25) is 4.79 Å². The maximum Gasteiger partial charge on any atom is 0.328 e. The van der Waals surface area contributed by atoms with Crippen molar-refractivity contribution in [2.45, 2.75) is 19.4 Å². The van der Waals surface area contributed by atoms with Gasteiger partial charge in [-0.15, -0.1) is 0 Å². The standard InChI is InChI=1S/C8H13NO4/c1-4-2-5(4)7(11)9-6(3-10)8(12)13/h4-6,10H,2-3H2,1H3,(H,9,11)(H,12,13)/t4?,5?,6-/m0/s1. The number of nitrogens with one attached hydrogen (secondary N) is 1. The van der Waals surface area contributed by atoms with Crippen LogP contribution in [0, 0.1) is 11.8 Å². The molecule has 1 aliphatic carbocycles. The summed E-state index contributed by atoms with van der Waals surface area (Å²) in [6, 6.07) is -1.17. The molecule has 0 saturated heterocycles. The maximum absolute atomic E-state index is 11.2. The largest absolute Gasteiger partial charge is 0.480 e. The van der Waals surface area contributed by atoms with Crippen molar-refractivity contribution in [2.24, 2.45) is 11.8 Å². The lowest BCUT2D eigenvalue weighted by molar-refractivity contribution is -0.143. The molecule has 3 N–H and O–H groups in total. The number of aliphatic carboxylic acids is 1. The fourth-order valence-corrected chi connectivity index (χ4v) is 1.15. The summed E-state index contributed by atoms with van der Waals surface area (Å²) < 4.78 is 0. The molecule has 0 aromatic carbocycles. The Balaban J connectivity index is 2.38. The minimum Gasteiger partial charge on any atom is -0.480 e. The van der Waals surface area contributed by atoms with E-state index in [-0.39, 0.29) is 11.8 Å². The average molecular weight is 187 g/mol. The Morgan fingerprint density at radius 1 is 1.62 bits per heavy atom. The molecule has 1 aliphatic rings. The van der Waals surface area contributed by atoms with Gasteiger partial charge < -0.3 is 15.5 Å².